The minimum absolute atomic E-state index is 0.0464. The van der Waals surface area contributed by atoms with Crippen LogP contribution in [0.15, 0.2) is 9.59 Å². The maximum atomic E-state index is 12.2. The van der Waals surface area contributed by atoms with Gasteiger partial charge >= 0.3 is 5.69 Å². The molecular weight excluding hydrogens is 264 g/mol. The lowest BCUT2D eigenvalue weighted by Gasteiger charge is -2.32. The van der Waals surface area contributed by atoms with Crippen LogP contribution >= 0.6 is 0 Å². The molecular formula is C12H18N4O4. The van der Waals surface area contributed by atoms with Crippen LogP contribution in [0.5, 0.6) is 0 Å². The molecule has 20 heavy (non-hydrogen) atoms. The summed E-state index contributed by atoms with van der Waals surface area (Å²) in [6.45, 7) is 3.29. The van der Waals surface area contributed by atoms with Crippen LogP contribution in [0.2, 0.25) is 0 Å². The molecule has 1 aliphatic rings. The van der Waals surface area contributed by atoms with Crippen molar-refractivity contribution < 1.29 is 9.53 Å². The summed E-state index contributed by atoms with van der Waals surface area (Å²) in [5.41, 5.74) is 5.13. The Bertz CT molecular complexity index is 606. The van der Waals surface area contributed by atoms with Crippen molar-refractivity contribution in [3.05, 3.63) is 32.1 Å². The van der Waals surface area contributed by atoms with Gasteiger partial charge in [-0.1, -0.05) is 0 Å². The number of hydrogen-bond acceptors (Lipinski definition) is 5. The van der Waals surface area contributed by atoms with E-state index in [1.54, 1.807) is 11.8 Å². The minimum Gasteiger partial charge on any atom is -0.373 e. The Morgan fingerprint density at radius 1 is 1.45 bits per heavy atom. The van der Waals surface area contributed by atoms with E-state index in [2.05, 4.69) is 9.97 Å². The quantitative estimate of drug-likeness (QED) is 0.598. The number of morpholine rings is 1. The smallest absolute Gasteiger partial charge is 0.325 e. The van der Waals surface area contributed by atoms with E-state index < -0.39 is 11.2 Å². The number of nitrogens with zero attached hydrogens (tertiary/aromatic N) is 1. The fourth-order valence-electron chi connectivity index (χ4n) is 2.19. The molecule has 110 valence electrons. The molecule has 0 bridgehead atoms. The van der Waals surface area contributed by atoms with E-state index in [0.717, 1.165) is 0 Å². The number of ether oxygens (including phenoxy) is 1. The Morgan fingerprint density at radius 3 is 2.85 bits per heavy atom. The van der Waals surface area contributed by atoms with Crippen LogP contribution in [0.1, 0.15) is 11.3 Å². The largest absolute Gasteiger partial charge is 0.373 e. The van der Waals surface area contributed by atoms with E-state index >= 15 is 0 Å². The van der Waals surface area contributed by atoms with Crippen molar-refractivity contribution in [2.75, 3.05) is 26.2 Å². The number of aromatic nitrogens is 2. The van der Waals surface area contributed by atoms with Crippen molar-refractivity contribution in [1.82, 2.24) is 14.9 Å². The monoisotopic (exact) mass is 282 g/mol. The van der Waals surface area contributed by atoms with Crippen LogP contribution in [0.4, 0.5) is 0 Å². The molecule has 4 N–H and O–H groups in total. The van der Waals surface area contributed by atoms with Crippen molar-refractivity contribution in [1.29, 1.82) is 0 Å². The number of H-pyrrole nitrogens is 2. The third-order valence-electron chi connectivity index (χ3n) is 3.34. The topological polar surface area (TPSA) is 121 Å². The van der Waals surface area contributed by atoms with Crippen LogP contribution in [-0.4, -0.2) is 53.1 Å². The lowest BCUT2D eigenvalue weighted by molar-refractivity contribution is -0.137. The van der Waals surface area contributed by atoms with E-state index in [-0.39, 0.29) is 24.0 Å². The lowest BCUT2D eigenvalue weighted by Crippen LogP contribution is -2.49. The second-order valence-corrected chi connectivity index (χ2v) is 4.76. The predicted molar refractivity (Wildman–Crippen MR) is 71.5 cm³/mol. The lowest BCUT2D eigenvalue weighted by atomic mass is 10.1. The molecule has 1 aromatic rings. The first kappa shape index (κ1) is 14.5. The van der Waals surface area contributed by atoms with Crippen LogP contribution in [0.3, 0.4) is 0 Å². The van der Waals surface area contributed by atoms with Gasteiger partial charge in [-0.05, 0) is 6.92 Å². The summed E-state index contributed by atoms with van der Waals surface area (Å²) in [5.74, 6) is -0.174. The third-order valence-corrected chi connectivity index (χ3v) is 3.34. The van der Waals surface area contributed by atoms with Crippen LogP contribution in [-0.2, 0) is 16.0 Å². The SMILES string of the molecule is Cc1[nH]c(=O)[nH]c(=O)c1CC(=O)N1CCO[C@H](CN)C1. The Kier molecular flexibility index (Phi) is 4.35. The molecule has 1 fully saturated rings. The molecule has 1 amide bonds. The van der Waals surface area contributed by atoms with Crippen molar-refractivity contribution in [3.63, 3.8) is 0 Å². The first-order chi connectivity index (χ1) is 9.51. The van der Waals surface area contributed by atoms with Gasteiger partial charge in [0.15, 0.2) is 0 Å². The normalized spacial score (nSPS) is 19.1. The van der Waals surface area contributed by atoms with Gasteiger partial charge in [-0.3, -0.25) is 14.6 Å². The molecule has 0 aromatic carbocycles. The third kappa shape index (κ3) is 3.14. The second-order valence-electron chi connectivity index (χ2n) is 4.76. The van der Waals surface area contributed by atoms with Crippen LogP contribution < -0.4 is 17.0 Å². The van der Waals surface area contributed by atoms with Crippen LogP contribution in [0.25, 0.3) is 0 Å². The van der Waals surface area contributed by atoms with Crippen LogP contribution in [0, 0.1) is 6.92 Å². The van der Waals surface area contributed by atoms with E-state index in [0.29, 0.717) is 31.9 Å². The highest BCUT2D eigenvalue weighted by atomic mass is 16.5. The van der Waals surface area contributed by atoms with Gasteiger partial charge in [-0.15, -0.1) is 0 Å². The number of nitrogens with one attached hydrogen (secondary N) is 2. The predicted octanol–water partition coefficient (Wildman–Crippen LogP) is -1.90. The van der Waals surface area contributed by atoms with Gasteiger partial charge in [0, 0.05) is 30.9 Å². The molecule has 1 saturated heterocycles. The molecule has 2 heterocycles. The molecule has 8 nitrogen and oxygen atoms in total. The number of aromatic amines is 2. The summed E-state index contributed by atoms with van der Waals surface area (Å²) in [4.78, 5) is 41.2. The fraction of sp³-hybridized carbons (Fsp3) is 0.583. The first-order valence-corrected chi connectivity index (χ1v) is 6.42. The van der Waals surface area contributed by atoms with Crippen molar-refractivity contribution in [2.24, 2.45) is 5.73 Å². The van der Waals surface area contributed by atoms with E-state index in [1.165, 1.54) is 0 Å². The molecule has 0 aliphatic carbocycles. The molecule has 0 radical (unpaired) electrons. The highest BCUT2D eigenvalue weighted by molar-refractivity contribution is 5.79. The molecule has 0 unspecified atom stereocenters. The zero-order valence-corrected chi connectivity index (χ0v) is 11.3. The number of amides is 1. The van der Waals surface area contributed by atoms with Gasteiger partial charge in [0.1, 0.15) is 0 Å². The van der Waals surface area contributed by atoms with Gasteiger partial charge in [0.05, 0.1) is 19.1 Å². The molecule has 0 saturated carbocycles. The highest BCUT2D eigenvalue weighted by Crippen LogP contribution is 2.07. The summed E-state index contributed by atoms with van der Waals surface area (Å²) < 4.78 is 5.39. The number of hydrogen-bond donors (Lipinski definition) is 3. The van der Waals surface area contributed by atoms with E-state index in [1.807, 2.05) is 0 Å². The van der Waals surface area contributed by atoms with Crippen molar-refractivity contribution >= 4 is 5.91 Å². The summed E-state index contributed by atoms with van der Waals surface area (Å²) in [6, 6.07) is 0. The van der Waals surface area contributed by atoms with E-state index in [4.69, 9.17) is 10.5 Å². The number of rotatable bonds is 3. The van der Waals surface area contributed by atoms with Gasteiger partial charge in [-0.2, -0.15) is 0 Å². The Hall–Kier alpha value is -1.93. The molecule has 0 spiro atoms. The maximum absolute atomic E-state index is 12.2. The minimum atomic E-state index is -0.571. The van der Waals surface area contributed by atoms with Gasteiger partial charge < -0.3 is 20.4 Å². The number of carbonyl (C=O) groups excluding carboxylic acids is 1. The number of nitrogens with two attached hydrogens (primary N) is 1. The Labute approximate surface area is 114 Å². The average molecular weight is 282 g/mol. The fourth-order valence-corrected chi connectivity index (χ4v) is 2.19. The first-order valence-electron chi connectivity index (χ1n) is 6.42. The van der Waals surface area contributed by atoms with Crippen molar-refractivity contribution in [2.45, 2.75) is 19.4 Å². The zero-order chi connectivity index (χ0) is 14.7. The summed E-state index contributed by atoms with van der Waals surface area (Å²) in [7, 11) is 0. The highest BCUT2D eigenvalue weighted by Gasteiger charge is 2.24. The van der Waals surface area contributed by atoms with E-state index in [9.17, 15) is 14.4 Å². The standard InChI is InChI=1S/C12H18N4O4/c1-7-9(11(18)15-12(19)14-7)4-10(17)16-2-3-20-8(5-13)6-16/h8H,2-6,13H2,1H3,(H2,14,15,18,19)/t8-/m1/s1. The van der Waals surface area contributed by atoms with Gasteiger partial charge in [0.2, 0.25) is 5.91 Å². The molecule has 1 aromatic heterocycles. The molecule has 2 rings (SSSR count). The molecule has 1 aliphatic heterocycles. The van der Waals surface area contributed by atoms with Crippen molar-refractivity contribution in [3.8, 4) is 0 Å². The second kappa shape index (κ2) is 6.02. The number of aryl methyl sites for hydroxylation is 1. The molecule has 8 heteroatoms. The zero-order valence-electron chi connectivity index (χ0n) is 11.3. The Morgan fingerprint density at radius 2 is 2.20 bits per heavy atom. The maximum Gasteiger partial charge on any atom is 0.325 e. The average Bonchev–Trinajstić information content (AvgIpc) is 2.42. The summed E-state index contributed by atoms with van der Waals surface area (Å²) in [5, 5.41) is 0. The van der Waals surface area contributed by atoms with Gasteiger partial charge in [0.25, 0.3) is 5.56 Å². The Balaban J connectivity index is 2.12. The summed E-state index contributed by atoms with van der Waals surface area (Å²) in [6.07, 6.45) is -0.211. The summed E-state index contributed by atoms with van der Waals surface area (Å²) >= 11 is 0. The number of carbonyl (C=O) groups is 1. The molecule has 1 atom stereocenters. The van der Waals surface area contributed by atoms with Gasteiger partial charge in [-0.25, -0.2) is 4.79 Å².